The second kappa shape index (κ2) is 3.71. The molecule has 0 fully saturated rings. The first-order valence-corrected chi connectivity index (χ1v) is 3.54. The van der Waals surface area contributed by atoms with Crippen molar-refractivity contribution >= 4 is 11.6 Å². The predicted molar refractivity (Wildman–Crippen MR) is 46.4 cm³/mol. The lowest BCUT2D eigenvalue weighted by Crippen LogP contribution is -2.29. The molecule has 4 N–H and O–H groups in total. The predicted octanol–water partition coefficient (Wildman–Crippen LogP) is -0.0961. The van der Waals surface area contributed by atoms with E-state index in [4.69, 9.17) is 5.84 Å². The van der Waals surface area contributed by atoms with E-state index in [0.29, 0.717) is 0 Å². The molecule has 0 unspecified atom stereocenters. The van der Waals surface area contributed by atoms with Gasteiger partial charge in [-0.1, -0.05) is 0 Å². The van der Waals surface area contributed by atoms with E-state index in [9.17, 15) is 20.0 Å². The quantitative estimate of drug-likeness (QED) is 0.265. The third-order valence-corrected chi connectivity index (χ3v) is 1.57. The maximum atomic E-state index is 10.9. The van der Waals surface area contributed by atoms with E-state index in [1.807, 2.05) is 0 Å². The number of non-ortho nitro benzene ring substituents is 1. The molecule has 0 saturated heterocycles. The van der Waals surface area contributed by atoms with E-state index < -0.39 is 16.6 Å². The van der Waals surface area contributed by atoms with Gasteiger partial charge >= 0.3 is 0 Å². The van der Waals surface area contributed by atoms with Crippen LogP contribution in [0.3, 0.4) is 0 Å². The lowest BCUT2D eigenvalue weighted by Gasteiger charge is -2.01. The van der Waals surface area contributed by atoms with Gasteiger partial charge in [0.25, 0.3) is 11.6 Å². The van der Waals surface area contributed by atoms with Crippen molar-refractivity contribution in [2.24, 2.45) is 5.84 Å². The summed E-state index contributed by atoms with van der Waals surface area (Å²) in [4.78, 5) is 20.5. The Morgan fingerprint density at radius 1 is 1.57 bits per heavy atom. The van der Waals surface area contributed by atoms with Crippen LogP contribution in [0.25, 0.3) is 0 Å². The number of rotatable bonds is 2. The Morgan fingerprint density at radius 3 is 2.64 bits per heavy atom. The molecule has 0 aliphatic heterocycles. The Hall–Kier alpha value is -2.15. The summed E-state index contributed by atoms with van der Waals surface area (Å²) >= 11 is 0. The maximum Gasteiger partial charge on any atom is 0.273 e. The van der Waals surface area contributed by atoms with Gasteiger partial charge in [-0.2, -0.15) is 0 Å². The van der Waals surface area contributed by atoms with Crippen molar-refractivity contribution < 1.29 is 14.8 Å². The Balaban J connectivity index is 3.14. The highest BCUT2D eigenvalue weighted by atomic mass is 16.6. The summed E-state index contributed by atoms with van der Waals surface area (Å²) in [5.74, 6) is 3.63. The smallest absolute Gasteiger partial charge is 0.273 e. The average molecular weight is 197 g/mol. The van der Waals surface area contributed by atoms with Gasteiger partial charge in [-0.3, -0.25) is 20.3 Å². The number of hydrogen-bond donors (Lipinski definition) is 3. The number of nitrogens with zero attached hydrogens (tertiary/aromatic N) is 1. The van der Waals surface area contributed by atoms with Crippen molar-refractivity contribution in [2.45, 2.75) is 0 Å². The fourth-order valence-corrected chi connectivity index (χ4v) is 0.903. The summed E-state index contributed by atoms with van der Waals surface area (Å²) in [5, 5.41) is 19.5. The standard InChI is InChI=1S/C7H7N3O4/c8-9-7(12)5-2-1-4(10(13)14)3-6(5)11/h1-3,11H,8H2,(H,9,12). The topological polar surface area (TPSA) is 118 Å². The minimum Gasteiger partial charge on any atom is -0.507 e. The zero-order chi connectivity index (χ0) is 10.7. The molecule has 0 radical (unpaired) electrons. The number of amides is 1. The van der Waals surface area contributed by atoms with Gasteiger partial charge in [-0.05, 0) is 6.07 Å². The van der Waals surface area contributed by atoms with Crippen LogP contribution in [0, 0.1) is 10.1 Å². The molecule has 1 amide bonds. The van der Waals surface area contributed by atoms with Gasteiger partial charge in [0.15, 0.2) is 0 Å². The molecular formula is C7H7N3O4. The molecule has 0 saturated carbocycles. The molecule has 0 bridgehead atoms. The van der Waals surface area contributed by atoms with Gasteiger partial charge < -0.3 is 5.11 Å². The summed E-state index contributed by atoms with van der Waals surface area (Å²) in [5.41, 5.74) is 1.39. The van der Waals surface area contributed by atoms with Gasteiger partial charge in [-0.15, -0.1) is 0 Å². The zero-order valence-corrected chi connectivity index (χ0v) is 6.93. The largest absolute Gasteiger partial charge is 0.507 e. The van der Waals surface area contributed by atoms with Crippen molar-refractivity contribution in [3.8, 4) is 5.75 Å². The number of carbonyl (C=O) groups is 1. The molecule has 1 aromatic carbocycles. The van der Waals surface area contributed by atoms with Gasteiger partial charge in [0, 0.05) is 6.07 Å². The van der Waals surface area contributed by atoms with Gasteiger partial charge in [0.05, 0.1) is 16.6 Å². The number of aromatic hydroxyl groups is 1. The Morgan fingerprint density at radius 2 is 2.21 bits per heavy atom. The third kappa shape index (κ3) is 1.77. The van der Waals surface area contributed by atoms with Crippen molar-refractivity contribution in [2.75, 3.05) is 0 Å². The van der Waals surface area contributed by atoms with Crippen molar-refractivity contribution in [1.29, 1.82) is 0 Å². The minimum absolute atomic E-state index is 0.113. The van der Waals surface area contributed by atoms with Crippen LogP contribution >= 0.6 is 0 Å². The zero-order valence-electron chi connectivity index (χ0n) is 6.93. The lowest BCUT2D eigenvalue weighted by molar-refractivity contribution is -0.384. The first-order chi connectivity index (χ1) is 6.56. The molecule has 0 aliphatic rings. The molecule has 7 nitrogen and oxygen atoms in total. The second-order valence-electron chi connectivity index (χ2n) is 2.43. The number of hydrogen-bond acceptors (Lipinski definition) is 5. The first kappa shape index (κ1) is 9.93. The number of phenols is 1. The summed E-state index contributed by atoms with van der Waals surface area (Å²) in [6.07, 6.45) is 0. The fourth-order valence-electron chi connectivity index (χ4n) is 0.903. The van der Waals surface area contributed by atoms with Crippen molar-refractivity contribution in [3.05, 3.63) is 33.9 Å². The normalized spacial score (nSPS) is 9.50. The van der Waals surface area contributed by atoms with Crippen LogP contribution in [0.4, 0.5) is 5.69 Å². The number of benzene rings is 1. The molecule has 1 aromatic rings. The maximum absolute atomic E-state index is 10.9. The van der Waals surface area contributed by atoms with Gasteiger partial charge in [-0.25, -0.2) is 5.84 Å². The number of hydrazine groups is 1. The van der Waals surface area contributed by atoms with Crippen LogP contribution in [0.2, 0.25) is 0 Å². The highest BCUT2D eigenvalue weighted by molar-refractivity contribution is 5.96. The number of nitro groups is 1. The van der Waals surface area contributed by atoms with Crippen LogP contribution in [-0.2, 0) is 0 Å². The van der Waals surface area contributed by atoms with Crippen LogP contribution in [0.1, 0.15) is 10.4 Å². The summed E-state index contributed by atoms with van der Waals surface area (Å²) in [7, 11) is 0. The van der Waals surface area contributed by atoms with E-state index in [2.05, 4.69) is 0 Å². The Labute approximate surface area is 78.3 Å². The highest BCUT2D eigenvalue weighted by Gasteiger charge is 2.14. The molecule has 1 rings (SSSR count). The number of carbonyl (C=O) groups excluding carboxylic acids is 1. The number of nitrogens with one attached hydrogen (secondary N) is 1. The summed E-state index contributed by atoms with van der Waals surface area (Å²) in [6, 6.07) is 3.10. The van der Waals surface area contributed by atoms with E-state index in [1.165, 1.54) is 0 Å². The molecule has 14 heavy (non-hydrogen) atoms. The number of nitrogens with two attached hydrogens (primary N) is 1. The van der Waals surface area contributed by atoms with Crippen molar-refractivity contribution in [3.63, 3.8) is 0 Å². The minimum atomic E-state index is -0.711. The van der Waals surface area contributed by atoms with Gasteiger partial charge in [0.1, 0.15) is 5.75 Å². The number of nitrogen functional groups attached to an aromatic ring is 1. The van der Waals surface area contributed by atoms with E-state index in [1.54, 1.807) is 5.43 Å². The van der Waals surface area contributed by atoms with Crippen LogP contribution < -0.4 is 11.3 Å². The van der Waals surface area contributed by atoms with Crippen LogP contribution in [-0.4, -0.2) is 15.9 Å². The van der Waals surface area contributed by atoms with Crippen LogP contribution in [0.15, 0.2) is 18.2 Å². The molecule has 0 spiro atoms. The molecule has 0 heterocycles. The van der Waals surface area contributed by atoms with E-state index in [-0.39, 0.29) is 11.3 Å². The van der Waals surface area contributed by atoms with E-state index in [0.717, 1.165) is 18.2 Å². The average Bonchev–Trinajstić information content (AvgIpc) is 2.16. The van der Waals surface area contributed by atoms with Crippen LogP contribution in [0.5, 0.6) is 5.75 Å². The molecular weight excluding hydrogens is 190 g/mol. The Kier molecular flexibility index (Phi) is 2.63. The highest BCUT2D eigenvalue weighted by Crippen LogP contribution is 2.22. The SMILES string of the molecule is NNC(=O)c1ccc([N+](=O)[O-])cc1O. The molecule has 0 aliphatic carbocycles. The molecule has 0 atom stereocenters. The Bertz CT molecular complexity index is 391. The summed E-state index contributed by atoms with van der Waals surface area (Å²) < 4.78 is 0. The van der Waals surface area contributed by atoms with Gasteiger partial charge in [0.2, 0.25) is 0 Å². The lowest BCUT2D eigenvalue weighted by atomic mass is 10.2. The molecule has 74 valence electrons. The molecule has 0 aromatic heterocycles. The summed E-state index contributed by atoms with van der Waals surface area (Å²) in [6.45, 7) is 0. The second-order valence-corrected chi connectivity index (χ2v) is 2.43. The molecule has 7 heteroatoms. The number of phenolic OH excluding ortho intramolecular Hbond substituents is 1. The first-order valence-electron chi connectivity index (χ1n) is 3.54. The third-order valence-electron chi connectivity index (χ3n) is 1.57. The fraction of sp³-hybridized carbons (Fsp3) is 0. The van der Waals surface area contributed by atoms with Crippen molar-refractivity contribution in [1.82, 2.24) is 5.43 Å². The number of nitro benzene ring substituents is 1. The monoisotopic (exact) mass is 197 g/mol. The van der Waals surface area contributed by atoms with E-state index >= 15 is 0 Å².